The predicted octanol–water partition coefficient (Wildman–Crippen LogP) is 4.39. The number of hydrogen-bond acceptors (Lipinski definition) is 3. The van der Waals surface area contributed by atoms with Gasteiger partial charge >= 0.3 is 6.03 Å². The second-order valence-corrected chi connectivity index (χ2v) is 7.00. The maximum absolute atomic E-state index is 13.0. The van der Waals surface area contributed by atoms with Crippen molar-refractivity contribution in [1.82, 2.24) is 10.9 Å². The average molecular weight is 387 g/mol. The van der Waals surface area contributed by atoms with E-state index in [-0.39, 0.29) is 5.91 Å². The number of benzene rings is 3. The number of hydrazine groups is 1. The summed E-state index contributed by atoms with van der Waals surface area (Å²) in [5.41, 5.74) is 9.21. The fraction of sp³-hybridized carbons (Fsp3) is 0.130. The molecule has 1 aliphatic heterocycles. The van der Waals surface area contributed by atoms with Gasteiger partial charge in [-0.25, -0.2) is 10.2 Å². The molecule has 6 heteroatoms. The van der Waals surface area contributed by atoms with Crippen molar-refractivity contribution in [3.63, 3.8) is 0 Å². The Hall–Kier alpha value is -3.80. The number of para-hydroxylation sites is 2. The molecule has 0 bridgehead atoms. The lowest BCUT2D eigenvalue weighted by Gasteiger charge is -2.27. The first-order valence-electron chi connectivity index (χ1n) is 9.33. The van der Waals surface area contributed by atoms with Crippen LogP contribution in [0, 0.1) is 13.8 Å². The van der Waals surface area contributed by atoms with E-state index in [1.165, 1.54) is 0 Å². The van der Waals surface area contributed by atoms with Crippen LogP contribution in [-0.2, 0) is 4.79 Å². The third-order valence-electron chi connectivity index (χ3n) is 4.87. The van der Waals surface area contributed by atoms with Crippen LogP contribution in [0.15, 0.2) is 66.7 Å². The molecule has 3 N–H and O–H groups in total. The van der Waals surface area contributed by atoms with Gasteiger partial charge in [0.15, 0.2) is 0 Å². The van der Waals surface area contributed by atoms with Crippen LogP contribution in [0.2, 0.25) is 0 Å². The second kappa shape index (κ2) is 7.67. The number of fused-ring (bicyclic) bond motifs is 2. The summed E-state index contributed by atoms with van der Waals surface area (Å²) in [4.78, 5) is 25.2. The summed E-state index contributed by atoms with van der Waals surface area (Å²) >= 11 is 0. The molecule has 0 aromatic heterocycles. The van der Waals surface area contributed by atoms with Crippen LogP contribution in [0.25, 0.3) is 0 Å². The fourth-order valence-corrected chi connectivity index (χ4v) is 3.49. The summed E-state index contributed by atoms with van der Waals surface area (Å²) in [7, 11) is 0. The smallest absolute Gasteiger partial charge is 0.337 e. The molecule has 146 valence electrons. The summed E-state index contributed by atoms with van der Waals surface area (Å²) in [6.07, 6.45) is 0. The Kier molecular flexibility index (Phi) is 4.91. The quantitative estimate of drug-likeness (QED) is 0.571. The first-order valence-corrected chi connectivity index (χ1v) is 9.33. The van der Waals surface area contributed by atoms with Gasteiger partial charge in [-0.1, -0.05) is 54.1 Å². The Balaban J connectivity index is 1.49. The second-order valence-electron chi connectivity index (χ2n) is 7.00. The summed E-state index contributed by atoms with van der Waals surface area (Å²) in [5, 5.41) is 2.74. The van der Waals surface area contributed by atoms with Gasteiger partial charge < -0.3 is 10.1 Å². The van der Waals surface area contributed by atoms with Crippen molar-refractivity contribution in [2.24, 2.45) is 0 Å². The van der Waals surface area contributed by atoms with Crippen molar-refractivity contribution in [2.45, 2.75) is 19.8 Å². The molecule has 3 amide bonds. The zero-order valence-electron chi connectivity index (χ0n) is 16.2. The van der Waals surface area contributed by atoms with E-state index in [1.54, 1.807) is 0 Å². The zero-order valence-corrected chi connectivity index (χ0v) is 16.2. The molecule has 3 aromatic rings. The predicted molar refractivity (Wildman–Crippen MR) is 111 cm³/mol. The Morgan fingerprint density at radius 3 is 2.07 bits per heavy atom. The van der Waals surface area contributed by atoms with Gasteiger partial charge in [0.1, 0.15) is 11.5 Å². The minimum absolute atomic E-state index is 0.344. The molecule has 1 heterocycles. The van der Waals surface area contributed by atoms with Crippen molar-refractivity contribution in [3.8, 4) is 11.5 Å². The molecule has 0 saturated carbocycles. The maximum atomic E-state index is 13.0. The Bertz CT molecular complexity index is 1050. The van der Waals surface area contributed by atoms with Gasteiger partial charge in [0.25, 0.3) is 5.91 Å². The molecule has 0 atom stereocenters. The molecule has 1 aliphatic rings. The van der Waals surface area contributed by atoms with Crippen LogP contribution < -0.4 is 20.9 Å². The molecule has 6 nitrogen and oxygen atoms in total. The van der Waals surface area contributed by atoms with Crippen molar-refractivity contribution < 1.29 is 14.3 Å². The molecular formula is C23H21N3O3. The molecule has 0 radical (unpaired) electrons. The number of carbonyl (C=O) groups is 2. The molecular weight excluding hydrogens is 366 g/mol. The van der Waals surface area contributed by atoms with E-state index in [4.69, 9.17) is 4.74 Å². The molecule has 0 saturated heterocycles. The fourth-order valence-electron chi connectivity index (χ4n) is 3.49. The number of carbonyl (C=O) groups excluding carboxylic acids is 2. The van der Waals surface area contributed by atoms with Crippen molar-refractivity contribution in [3.05, 3.63) is 89.0 Å². The lowest BCUT2D eigenvalue weighted by molar-refractivity contribution is -0.122. The molecule has 29 heavy (non-hydrogen) atoms. The highest BCUT2D eigenvalue weighted by Gasteiger charge is 2.32. The van der Waals surface area contributed by atoms with Crippen LogP contribution in [0.3, 0.4) is 0 Å². The SMILES string of the molecule is Cc1ccc(NC(=O)NNC(=O)C2c3ccccc3Oc3ccccc32)c(C)c1. The molecule has 4 rings (SSSR count). The van der Waals surface area contributed by atoms with Crippen molar-refractivity contribution in [2.75, 3.05) is 5.32 Å². The van der Waals surface area contributed by atoms with E-state index in [0.717, 1.165) is 22.3 Å². The van der Waals surface area contributed by atoms with E-state index in [1.807, 2.05) is 80.6 Å². The number of ether oxygens (including phenoxy) is 1. The lowest BCUT2D eigenvalue weighted by atomic mass is 9.87. The van der Waals surface area contributed by atoms with Crippen LogP contribution in [0.4, 0.5) is 10.5 Å². The monoisotopic (exact) mass is 387 g/mol. The molecule has 0 unspecified atom stereocenters. The van der Waals surface area contributed by atoms with Gasteiger partial charge in [0.2, 0.25) is 0 Å². The summed E-state index contributed by atoms with van der Waals surface area (Å²) in [5.74, 6) is 0.332. The summed E-state index contributed by atoms with van der Waals surface area (Å²) in [6.45, 7) is 3.90. The highest BCUT2D eigenvalue weighted by molar-refractivity contribution is 5.94. The van der Waals surface area contributed by atoms with Gasteiger partial charge in [0, 0.05) is 16.8 Å². The average Bonchev–Trinajstić information content (AvgIpc) is 2.72. The van der Waals surface area contributed by atoms with Gasteiger partial charge in [-0.3, -0.25) is 10.2 Å². The third kappa shape index (κ3) is 3.78. The molecule has 0 fully saturated rings. The summed E-state index contributed by atoms with van der Waals surface area (Å²) < 4.78 is 5.91. The third-order valence-corrected chi connectivity index (χ3v) is 4.87. The lowest BCUT2D eigenvalue weighted by Crippen LogP contribution is -2.46. The van der Waals surface area contributed by atoms with E-state index in [2.05, 4.69) is 16.2 Å². The van der Waals surface area contributed by atoms with Gasteiger partial charge in [-0.05, 0) is 37.6 Å². The minimum atomic E-state index is -0.586. The van der Waals surface area contributed by atoms with Gasteiger partial charge in [-0.15, -0.1) is 0 Å². The van der Waals surface area contributed by atoms with Crippen molar-refractivity contribution in [1.29, 1.82) is 0 Å². The van der Waals surface area contributed by atoms with Crippen molar-refractivity contribution >= 4 is 17.6 Å². The first kappa shape index (κ1) is 18.6. The number of aryl methyl sites for hydroxylation is 2. The number of urea groups is 1. The maximum Gasteiger partial charge on any atom is 0.337 e. The van der Waals surface area contributed by atoms with Crippen LogP contribution in [0.1, 0.15) is 28.2 Å². The highest BCUT2D eigenvalue weighted by atomic mass is 16.5. The van der Waals surface area contributed by atoms with Crippen LogP contribution in [-0.4, -0.2) is 11.9 Å². The van der Waals surface area contributed by atoms with Crippen LogP contribution in [0.5, 0.6) is 11.5 Å². The Morgan fingerprint density at radius 2 is 1.45 bits per heavy atom. The standard InChI is InChI=1S/C23H21N3O3/c1-14-11-12-18(15(2)13-14)24-23(28)26-25-22(27)21-16-7-3-5-9-19(16)29-20-10-6-4-8-17(20)21/h3-13,21H,1-2H3,(H,25,27)(H2,24,26,28). The molecule has 0 aliphatic carbocycles. The normalized spacial score (nSPS) is 12.2. The highest BCUT2D eigenvalue weighted by Crippen LogP contribution is 2.43. The molecule has 0 spiro atoms. The van der Waals surface area contributed by atoms with E-state index >= 15 is 0 Å². The van der Waals surface area contributed by atoms with Crippen LogP contribution >= 0.6 is 0 Å². The van der Waals surface area contributed by atoms with E-state index in [9.17, 15) is 9.59 Å². The Labute approximate surface area is 168 Å². The Morgan fingerprint density at radius 1 is 0.828 bits per heavy atom. The number of amides is 3. The number of rotatable bonds is 2. The largest absolute Gasteiger partial charge is 0.457 e. The van der Waals surface area contributed by atoms with E-state index < -0.39 is 11.9 Å². The summed E-state index contributed by atoms with van der Waals surface area (Å²) in [6, 6.07) is 20.0. The number of anilines is 1. The molecule has 3 aromatic carbocycles. The number of nitrogens with one attached hydrogen (secondary N) is 3. The van der Waals surface area contributed by atoms with Gasteiger partial charge in [0.05, 0.1) is 5.92 Å². The topological polar surface area (TPSA) is 79.5 Å². The number of hydrogen-bond donors (Lipinski definition) is 3. The van der Waals surface area contributed by atoms with Gasteiger partial charge in [-0.2, -0.15) is 0 Å². The van der Waals surface area contributed by atoms with E-state index in [0.29, 0.717) is 17.2 Å². The zero-order chi connectivity index (χ0) is 20.4. The first-order chi connectivity index (χ1) is 14.0. The minimum Gasteiger partial charge on any atom is -0.457 e.